The van der Waals surface area contributed by atoms with Crippen LogP contribution in [-0.4, -0.2) is 29.2 Å². The van der Waals surface area contributed by atoms with Crippen LogP contribution in [0.5, 0.6) is 0 Å². The molecule has 2 aromatic heterocycles. The number of nitrogens with one attached hydrogen (secondary N) is 1. The standard InChI is InChI=1S/C27H30ClFN6O2S/c1-15(2)35-26-19(16-7-10-18(30)11-8-16)14-32-27(31)24(26)25(33-35)17-9-12-22(21(29)13-17)34-38(36,37)23-6-4-3-5-20(23)28/h3-6,9,12-16,18,34H,7-8,10-11,30H2,1-2H3,(H2,31,32)/t16-,18-. The number of nitrogens with two attached hydrogens (primary N) is 2. The summed E-state index contributed by atoms with van der Waals surface area (Å²) in [6.45, 7) is 4.06. The van der Waals surface area contributed by atoms with Gasteiger partial charge in [0.2, 0.25) is 0 Å². The maximum absolute atomic E-state index is 15.3. The number of rotatable bonds is 6. The van der Waals surface area contributed by atoms with Crippen LogP contribution >= 0.6 is 11.6 Å². The van der Waals surface area contributed by atoms with E-state index in [1.54, 1.807) is 18.2 Å². The van der Waals surface area contributed by atoms with E-state index < -0.39 is 15.8 Å². The molecule has 0 radical (unpaired) electrons. The number of aromatic nitrogens is 3. The van der Waals surface area contributed by atoms with Crippen molar-refractivity contribution in [2.75, 3.05) is 10.5 Å². The third-order valence-electron chi connectivity index (χ3n) is 7.10. The minimum atomic E-state index is -4.10. The molecule has 1 saturated carbocycles. The lowest BCUT2D eigenvalue weighted by molar-refractivity contribution is 0.395. The number of halogens is 2. The van der Waals surface area contributed by atoms with Crippen LogP contribution in [0.2, 0.25) is 5.02 Å². The number of fused-ring (bicyclic) bond motifs is 1. The van der Waals surface area contributed by atoms with E-state index in [-0.39, 0.29) is 33.6 Å². The first-order valence-electron chi connectivity index (χ1n) is 12.6. The van der Waals surface area contributed by atoms with Crippen molar-refractivity contribution in [1.82, 2.24) is 14.8 Å². The zero-order valence-electron chi connectivity index (χ0n) is 21.2. The second kappa shape index (κ2) is 10.2. The van der Waals surface area contributed by atoms with Gasteiger partial charge in [-0.2, -0.15) is 5.10 Å². The minimum absolute atomic E-state index is 0.0178. The summed E-state index contributed by atoms with van der Waals surface area (Å²) in [4.78, 5) is 4.35. The monoisotopic (exact) mass is 556 g/mol. The molecule has 4 aromatic rings. The van der Waals surface area contributed by atoms with Gasteiger partial charge >= 0.3 is 0 Å². The van der Waals surface area contributed by atoms with Crippen molar-refractivity contribution in [3.05, 3.63) is 65.1 Å². The highest BCUT2D eigenvalue weighted by molar-refractivity contribution is 7.92. The lowest BCUT2D eigenvalue weighted by Gasteiger charge is -2.27. The summed E-state index contributed by atoms with van der Waals surface area (Å²) < 4.78 is 45.2. The van der Waals surface area contributed by atoms with Crippen molar-refractivity contribution in [2.24, 2.45) is 5.73 Å². The van der Waals surface area contributed by atoms with Crippen molar-refractivity contribution in [1.29, 1.82) is 0 Å². The summed E-state index contributed by atoms with van der Waals surface area (Å²) in [7, 11) is -4.10. The Morgan fingerprint density at radius 1 is 1.13 bits per heavy atom. The van der Waals surface area contributed by atoms with E-state index in [2.05, 4.69) is 9.71 Å². The van der Waals surface area contributed by atoms with E-state index in [4.69, 9.17) is 28.2 Å². The van der Waals surface area contributed by atoms with Crippen molar-refractivity contribution in [3.8, 4) is 11.3 Å². The second-order valence-corrected chi connectivity index (χ2v) is 12.1. The molecule has 2 heterocycles. The van der Waals surface area contributed by atoms with E-state index in [9.17, 15) is 8.42 Å². The fraction of sp³-hybridized carbons (Fsp3) is 0.333. The molecule has 1 aliphatic carbocycles. The molecule has 200 valence electrons. The Hall–Kier alpha value is -3.21. The summed E-state index contributed by atoms with van der Waals surface area (Å²) in [5.41, 5.74) is 15.2. The maximum Gasteiger partial charge on any atom is 0.263 e. The fourth-order valence-corrected chi connectivity index (χ4v) is 6.72. The highest BCUT2D eigenvalue weighted by Crippen LogP contribution is 2.41. The third kappa shape index (κ3) is 4.83. The van der Waals surface area contributed by atoms with E-state index in [0.29, 0.717) is 22.5 Å². The molecule has 8 nitrogen and oxygen atoms in total. The Morgan fingerprint density at radius 3 is 2.50 bits per heavy atom. The van der Waals surface area contributed by atoms with E-state index in [0.717, 1.165) is 36.8 Å². The van der Waals surface area contributed by atoms with Gasteiger partial charge in [-0.25, -0.2) is 17.8 Å². The number of sulfonamides is 1. The van der Waals surface area contributed by atoms with Crippen LogP contribution in [0.25, 0.3) is 22.2 Å². The summed E-state index contributed by atoms with van der Waals surface area (Å²) in [5, 5.41) is 5.55. The second-order valence-electron chi connectivity index (χ2n) is 10.1. The van der Waals surface area contributed by atoms with Crippen molar-refractivity contribution in [3.63, 3.8) is 0 Å². The Bertz CT molecular complexity index is 1610. The molecule has 5 rings (SSSR count). The first-order valence-corrected chi connectivity index (χ1v) is 14.4. The van der Waals surface area contributed by atoms with Crippen LogP contribution in [0.4, 0.5) is 15.9 Å². The summed E-state index contributed by atoms with van der Waals surface area (Å²) in [5.74, 6) is -0.165. The molecule has 0 atom stereocenters. The normalized spacial score (nSPS) is 18.3. The first-order chi connectivity index (χ1) is 18.1. The Labute approximate surface area is 226 Å². The topological polar surface area (TPSA) is 129 Å². The van der Waals surface area contributed by atoms with Crippen molar-refractivity contribution in [2.45, 2.75) is 62.4 Å². The molecule has 11 heteroatoms. The number of hydrogen-bond donors (Lipinski definition) is 3. The van der Waals surface area contributed by atoms with Gasteiger partial charge in [0.05, 0.1) is 21.6 Å². The average molecular weight is 557 g/mol. The summed E-state index contributed by atoms with van der Waals surface area (Å²) in [6, 6.07) is 10.4. The fourth-order valence-electron chi connectivity index (χ4n) is 5.13. The van der Waals surface area contributed by atoms with Crippen LogP contribution in [0, 0.1) is 5.82 Å². The van der Waals surface area contributed by atoms with Crippen LogP contribution in [0.3, 0.4) is 0 Å². The quantitative estimate of drug-likeness (QED) is 0.273. The van der Waals surface area contributed by atoms with Gasteiger partial charge in [-0.1, -0.05) is 29.8 Å². The Balaban J connectivity index is 1.57. The number of benzene rings is 2. The molecule has 0 bridgehead atoms. The Kier molecular flexibility index (Phi) is 7.06. The van der Waals surface area contributed by atoms with Crippen LogP contribution in [-0.2, 0) is 10.0 Å². The predicted octanol–water partition coefficient (Wildman–Crippen LogP) is 5.84. The van der Waals surface area contributed by atoms with E-state index in [1.165, 1.54) is 24.3 Å². The van der Waals surface area contributed by atoms with Crippen LogP contribution < -0.4 is 16.2 Å². The largest absolute Gasteiger partial charge is 0.383 e. The van der Waals surface area contributed by atoms with Crippen molar-refractivity contribution >= 4 is 44.0 Å². The van der Waals surface area contributed by atoms with Gasteiger partial charge < -0.3 is 11.5 Å². The predicted molar refractivity (Wildman–Crippen MR) is 149 cm³/mol. The highest BCUT2D eigenvalue weighted by Gasteiger charge is 2.28. The minimum Gasteiger partial charge on any atom is -0.383 e. The molecule has 0 amide bonds. The van der Waals surface area contributed by atoms with Crippen molar-refractivity contribution < 1.29 is 12.8 Å². The van der Waals surface area contributed by atoms with Gasteiger partial charge in [-0.3, -0.25) is 9.40 Å². The first kappa shape index (κ1) is 26.4. The molecule has 0 spiro atoms. The third-order valence-corrected chi connectivity index (χ3v) is 8.96. The maximum atomic E-state index is 15.3. The summed E-state index contributed by atoms with van der Waals surface area (Å²) in [6.07, 6.45) is 5.62. The SMILES string of the molecule is CC(C)n1nc(-c2ccc(NS(=O)(=O)c3ccccc3Cl)c(F)c2)c2c(N)ncc([C@H]3CC[C@H](N)CC3)c21. The lowest BCUT2D eigenvalue weighted by atomic mass is 9.82. The van der Waals surface area contributed by atoms with Crippen LogP contribution in [0.1, 0.15) is 57.1 Å². The molecule has 1 fully saturated rings. The molecule has 2 aromatic carbocycles. The summed E-state index contributed by atoms with van der Waals surface area (Å²) >= 11 is 6.05. The lowest BCUT2D eigenvalue weighted by Crippen LogP contribution is -2.26. The zero-order chi connectivity index (χ0) is 27.2. The van der Waals surface area contributed by atoms with Gasteiger partial charge in [-0.05, 0) is 75.3 Å². The number of anilines is 2. The Morgan fingerprint density at radius 2 is 1.84 bits per heavy atom. The molecule has 38 heavy (non-hydrogen) atoms. The number of hydrogen-bond acceptors (Lipinski definition) is 6. The molecule has 0 unspecified atom stereocenters. The number of nitrogen functional groups attached to an aromatic ring is 1. The molecule has 1 aliphatic rings. The highest BCUT2D eigenvalue weighted by atomic mass is 35.5. The molecular weight excluding hydrogens is 527 g/mol. The van der Waals surface area contributed by atoms with Gasteiger partial charge in [-0.15, -0.1) is 0 Å². The van der Waals surface area contributed by atoms with Crippen LogP contribution in [0.15, 0.2) is 53.6 Å². The number of pyridine rings is 1. The van der Waals surface area contributed by atoms with Gasteiger partial charge in [0.25, 0.3) is 10.0 Å². The van der Waals surface area contributed by atoms with Gasteiger partial charge in [0, 0.05) is 23.8 Å². The van der Waals surface area contributed by atoms with E-state index in [1.807, 2.05) is 24.7 Å². The smallest absolute Gasteiger partial charge is 0.263 e. The molecule has 0 aliphatic heterocycles. The van der Waals surface area contributed by atoms with E-state index >= 15 is 4.39 Å². The van der Waals surface area contributed by atoms with Gasteiger partial charge in [0.1, 0.15) is 22.2 Å². The van der Waals surface area contributed by atoms with Gasteiger partial charge in [0.15, 0.2) is 0 Å². The molecule has 5 N–H and O–H groups in total. The molecule has 0 saturated heterocycles. The zero-order valence-corrected chi connectivity index (χ0v) is 22.7. The average Bonchev–Trinajstić information content (AvgIpc) is 3.28. The number of nitrogens with zero attached hydrogens (tertiary/aromatic N) is 3. The molecular formula is C27H30ClFN6O2S.